The topological polar surface area (TPSA) is 200 Å². The summed E-state index contributed by atoms with van der Waals surface area (Å²) in [6, 6.07) is 7.20. The number of hydrogen-bond acceptors (Lipinski definition) is 12. The third-order valence-electron chi connectivity index (χ3n) is 5.52. The summed E-state index contributed by atoms with van der Waals surface area (Å²) in [6.45, 7) is -0.709. The molecule has 1 aliphatic rings. The van der Waals surface area contributed by atoms with Gasteiger partial charge in [0.25, 0.3) is 0 Å². The molecule has 0 unspecified atom stereocenters. The molecule has 0 saturated carbocycles. The minimum Gasteiger partial charge on any atom is -0.504 e. The number of aliphatic hydroxyl groups excluding tert-OH is 4. The highest BCUT2D eigenvalue weighted by atomic mass is 16.7. The number of ether oxygens (including phenoxy) is 3. The van der Waals surface area contributed by atoms with E-state index in [-0.39, 0.29) is 11.3 Å². The Morgan fingerprint density at radius 1 is 0.941 bits per heavy atom. The molecule has 4 rings (SSSR count). The van der Waals surface area contributed by atoms with Crippen molar-refractivity contribution in [1.82, 2.24) is 0 Å². The van der Waals surface area contributed by atoms with Crippen molar-refractivity contribution in [3.05, 3.63) is 40.6 Å². The number of aliphatic hydroxyl groups is 4. The van der Waals surface area contributed by atoms with Gasteiger partial charge in [0.05, 0.1) is 13.7 Å². The Labute approximate surface area is 191 Å². The fourth-order valence-electron chi connectivity index (χ4n) is 3.61. The zero-order valence-corrected chi connectivity index (χ0v) is 17.7. The number of aromatic hydroxyl groups is 3. The maximum atomic E-state index is 12.7. The predicted molar refractivity (Wildman–Crippen MR) is 114 cm³/mol. The van der Waals surface area contributed by atoms with Gasteiger partial charge in [-0.2, -0.15) is 0 Å². The van der Waals surface area contributed by atoms with Crippen molar-refractivity contribution in [2.24, 2.45) is 0 Å². The van der Waals surface area contributed by atoms with Gasteiger partial charge >= 0.3 is 0 Å². The van der Waals surface area contributed by atoms with Crippen LogP contribution in [-0.2, 0) is 4.74 Å². The van der Waals surface area contributed by atoms with Crippen molar-refractivity contribution >= 4 is 11.0 Å². The smallest absolute Gasteiger partial charge is 0.238 e. The summed E-state index contributed by atoms with van der Waals surface area (Å²) in [6.07, 6.45) is -8.13. The molecule has 2 aromatic carbocycles. The lowest BCUT2D eigenvalue weighted by atomic mass is 9.99. The molecular formula is C22H22O12. The first-order chi connectivity index (χ1) is 16.2. The average Bonchev–Trinajstić information content (AvgIpc) is 2.84. The first-order valence-electron chi connectivity index (χ1n) is 10.0. The normalized spacial score (nSPS) is 24.8. The van der Waals surface area contributed by atoms with Crippen molar-refractivity contribution in [2.75, 3.05) is 13.7 Å². The zero-order chi connectivity index (χ0) is 24.7. The van der Waals surface area contributed by atoms with Gasteiger partial charge in [0, 0.05) is 11.6 Å². The van der Waals surface area contributed by atoms with Gasteiger partial charge in [-0.05, 0) is 24.3 Å². The van der Waals surface area contributed by atoms with Gasteiger partial charge in [-0.25, -0.2) is 0 Å². The first kappa shape index (κ1) is 23.6. The minimum atomic E-state index is -1.79. The van der Waals surface area contributed by atoms with Gasteiger partial charge in [-0.1, -0.05) is 0 Å². The molecule has 1 aliphatic heterocycles. The van der Waals surface area contributed by atoms with Crippen LogP contribution in [0.25, 0.3) is 22.3 Å². The molecule has 7 N–H and O–H groups in total. The maximum absolute atomic E-state index is 12.7. The van der Waals surface area contributed by atoms with Crippen LogP contribution in [0.1, 0.15) is 0 Å². The molecule has 0 bridgehead atoms. The third kappa shape index (κ3) is 3.87. The van der Waals surface area contributed by atoms with Gasteiger partial charge in [0.15, 0.2) is 17.3 Å². The Hall–Kier alpha value is -3.55. The second-order valence-electron chi connectivity index (χ2n) is 7.60. The fraction of sp³-hybridized carbons (Fsp3) is 0.318. The molecule has 182 valence electrons. The number of rotatable bonds is 5. The van der Waals surface area contributed by atoms with E-state index in [0.717, 1.165) is 6.07 Å². The highest BCUT2D eigenvalue weighted by Crippen LogP contribution is 2.44. The third-order valence-corrected chi connectivity index (χ3v) is 5.52. The molecule has 2 heterocycles. The van der Waals surface area contributed by atoms with E-state index in [2.05, 4.69) is 0 Å². The first-order valence-corrected chi connectivity index (χ1v) is 10.0. The maximum Gasteiger partial charge on any atom is 0.238 e. The van der Waals surface area contributed by atoms with Crippen LogP contribution >= 0.6 is 0 Å². The summed E-state index contributed by atoms with van der Waals surface area (Å²) in [5, 5.41) is 69.9. The number of phenols is 2. The number of methoxy groups -OCH3 is 1. The van der Waals surface area contributed by atoms with Gasteiger partial charge in [-0.3, -0.25) is 4.79 Å². The summed E-state index contributed by atoms with van der Waals surface area (Å²) in [7, 11) is 1.47. The van der Waals surface area contributed by atoms with Crippen LogP contribution in [-0.4, -0.2) is 80.2 Å². The molecule has 0 radical (unpaired) electrons. The van der Waals surface area contributed by atoms with Crippen molar-refractivity contribution in [3.8, 4) is 40.1 Å². The SMILES string of the molecule is COc1ccc(-c2oc3cc(O[C@@H]4O[C@H](CO)[C@@H](O)[C@H](O)[C@H]4O)c(O)c(O)c3c(=O)c2O)cc1. The van der Waals surface area contributed by atoms with Crippen molar-refractivity contribution in [2.45, 2.75) is 30.7 Å². The molecule has 12 heteroatoms. The van der Waals surface area contributed by atoms with Gasteiger partial charge in [-0.15, -0.1) is 0 Å². The molecule has 1 saturated heterocycles. The summed E-state index contributed by atoms with van der Waals surface area (Å²) < 4.78 is 21.3. The van der Waals surface area contributed by atoms with E-state index < -0.39 is 71.1 Å². The predicted octanol–water partition coefficient (Wildman–Crippen LogP) is -0.236. The number of fused-ring (bicyclic) bond motifs is 1. The summed E-state index contributed by atoms with van der Waals surface area (Å²) in [4.78, 5) is 12.7. The lowest BCUT2D eigenvalue weighted by Crippen LogP contribution is -2.60. The fourth-order valence-corrected chi connectivity index (χ4v) is 3.61. The molecular weight excluding hydrogens is 456 g/mol. The molecule has 0 spiro atoms. The van der Waals surface area contributed by atoms with Gasteiger partial charge in [0.2, 0.25) is 23.2 Å². The highest BCUT2D eigenvalue weighted by Gasteiger charge is 2.45. The monoisotopic (exact) mass is 478 g/mol. The number of hydrogen-bond donors (Lipinski definition) is 7. The Morgan fingerprint density at radius 3 is 2.24 bits per heavy atom. The van der Waals surface area contributed by atoms with Crippen LogP contribution in [0.4, 0.5) is 0 Å². The molecule has 1 fully saturated rings. The Balaban J connectivity index is 1.79. The molecule has 3 aromatic rings. The van der Waals surface area contributed by atoms with Crippen LogP contribution < -0.4 is 14.9 Å². The Morgan fingerprint density at radius 2 is 1.62 bits per heavy atom. The van der Waals surface area contributed by atoms with Crippen molar-refractivity contribution < 1.29 is 54.4 Å². The summed E-state index contributed by atoms with van der Waals surface area (Å²) in [5.41, 5.74) is -1.01. The van der Waals surface area contributed by atoms with Crippen molar-refractivity contribution in [1.29, 1.82) is 0 Å². The standard InChI is InChI=1S/C22H22O12/c1-31-9-4-2-8(3-5-9)21-19(29)17(27)13-10(32-21)6-11(14(24)16(13)26)33-22-20(30)18(28)15(25)12(7-23)34-22/h2-6,12,15,18,20,22-26,28-30H,7H2,1H3/t12-,15-,18+,20-,22-/m1/s1. The largest absolute Gasteiger partial charge is 0.504 e. The van der Waals surface area contributed by atoms with E-state index in [9.17, 15) is 40.5 Å². The summed E-state index contributed by atoms with van der Waals surface area (Å²) in [5.74, 6) is -2.94. The second-order valence-corrected chi connectivity index (χ2v) is 7.60. The van der Waals surface area contributed by atoms with Crippen LogP contribution in [0, 0.1) is 0 Å². The molecule has 34 heavy (non-hydrogen) atoms. The van der Waals surface area contributed by atoms with Crippen LogP contribution in [0.3, 0.4) is 0 Å². The zero-order valence-electron chi connectivity index (χ0n) is 17.7. The average molecular weight is 478 g/mol. The van der Waals surface area contributed by atoms with Gasteiger partial charge in [0.1, 0.15) is 41.1 Å². The van der Waals surface area contributed by atoms with Crippen LogP contribution in [0.15, 0.2) is 39.5 Å². The van der Waals surface area contributed by atoms with E-state index in [4.69, 9.17) is 18.6 Å². The Kier molecular flexibility index (Phi) is 6.25. The van der Waals surface area contributed by atoms with E-state index >= 15 is 0 Å². The van der Waals surface area contributed by atoms with E-state index in [1.807, 2.05) is 0 Å². The number of phenolic OH excluding ortho intramolecular Hbond substituents is 2. The number of benzene rings is 2. The van der Waals surface area contributed by atoms with Crippen molar-refractivity contribution in [3.63, 3.8) is 0 Å². The van der Waals surface area contributed by atoms with Crippen LogP contribution in [0.2, 0.25) is 0 Å². The second kappa shape index (κ2) is 9.00. The lowest BCUT2D eigenvalue weighted by molar-refractivity contribution is -0.277. The molecule has 0 amide bonds. The van der Waals surface area contributed by atoms with E-state index in [1.165, 1.54) is 19.2 Å². The quantitative estimate of drug-likeness (QED) is 0.238. The summed E-state index contributed by atoms with van der Waals surface area (Å²) >= 11 is 0. The lowest BCUT2D eigenvalue weighted by Gasteiger charge is -2.39. The molecule has 12 nitrogen and oxygen atoms in total. The highest BCUT2D eigenvalue weighted by molar-refractivity contribution is 5.91. The molecule has 5 atom stereocenters. The van der Waals surface area contributed by atoms with E-state index in [0.29, 0.717) is 11.3 Å². The van der Waals surface area contributed by atoms with Gasteiger partial charge < -0.3 is 54.4 Å². The van der Waals surface area contributed by atoms with E-state index in [1.54, 1.807) is 12.1 Å². The molecule has 0 aliphatic carbocycles. The Bertz CT molecular complexity index is 1250. The van der Waals surface area contributed by atoms with Crippen LogP contribution in [0.5, 0.6) is 28.7 Å². The molecule has 1 aromatic heterocycles. The minimum absolute atomic E-state index is 0.232.